The Morgan fingerprint density at radius 1 is 1.42 bits per heavy atom. The van der Waals surface area contributed by atoms with E-state index in [4.69, 9.17) is 20.8 Å². The minimum atomic E-state index is -0.0819. The molecule has 1 atom stereocenters. The molecule has 102 valence electrons. The van der Waals surface area contributed by atoms with Crippen molar-refractivity contribution in [3.05, 3.63) is 51.3 Å². The zero-order valence-electron chi connectivity index (χ0n) is 10.7. The molecule has 0 saturated heterocycles. The van der Waals surface area contributed by atoms with Crippen molar-refractivity contribution in [1.82, 2.24) is 5.32 Å². The van der Waals surface area contributed by atoms with Gasteiger partial charge in [-0.15, -0.1) is 0 Å². The van der Waals surface area contributed by atoms with E-state index >= 15 is 0 Å². The van der Waals surface area contributed by atoms with Crippen LogP contribution in [0.3, 0.4) is 0 Å². The minimum absolute atomic E-state index is 0.0819. The molecule has 1 N–H and O–H groups in total. The summed E-state index contributed by atoms with van der Waals surface area (Å²) in [7, 11) is 1.63. The number of rotatable bonds is 5. The molecular formula is C14H15BrClNO2. The number of methoxy groups -OCH3 is 1. The molecule has 0 aliphatic carbocycles. The van der Waals surface area contributed by atoms with Crippen LogP contribution in [0.5, 0.6) is 5.75 Å². The van der Waals surface area contributed by atoms with Crippen molar-refractivity contribution in [2.45, 2.75) is 13.0 Å². The Balaban J connectivity index is 2.48. The van der Waals surface area contributed by atoms with Gasteiger partial charge >= 0.3 is 0 Å². The number of halogens is 2. The van der Waals surface area contributed by atoms with Crippen LogP contribution in [0.4, 0.5) is 0 Å². The topological polar surface area (TPSA) is 34.4 Å². The highest BCUT2D eigenvalue weighted by atomic mass is 79.9. The van der Waals surface area contributed by atoms with Gasteiger partial charge in [-0.25, -0.2) is 0 Å². The molecule has 0 aliphatic heterocycles. The third kappa shape index (κ3) is 3.14. The van der Waals surface area contributed by atoms with Gasteiger partial charge in [0.1, 0.15) is 11.5 Å². The molecule has 1 aromatic carbocycles. The molecule has 0 spiro atoms. The molecular weight excluding hydrogens is 330 g/mol. The molecule has 0 aliphatic rings. The molecule has 2 aromatic rings. The Labute approximate surface area is 126 Å². The standard InChI is InChI=1S/C14H15BrClNO2/c1-3-17-13(14-11(15)6-7-19-14)10-5-4-9(16)8-12(10)18-2/h4-8,13,17H,3H2,1-2H3. The van der Waals surface area contributed by atoms with Crippen molar-refractivity contribution >= 4 is 27.5 Å². The second-order valence-electron chi connectivity index (χ2n) is 4.01. The van der Waals surface area contributed by atoms with Gasteiger partial charge in [-0.2, -0.15) is 0 Å². The van der Waals surface area contributed by atoms with Crippen molar-refractivity contribution in [3.8, 4) is 5.75 Å². The van der Waals surface area contributed by atoms with Gasteiger partial charge in [-0.1, -0.05) is 24.6 Å². The highest BCUT2D eigenvalue weighted by molar-refractivity contribution is 9.10. The molecule has 3 nitrogen and oxygen atoms in total. The summed E-state index contributed by atoms with van der Waals surface area (Å²) in [5.41, 5.74) is 0.990. The molecule has 0 saturated carbocycles. The highest BCUT2D eigenvalue weighted by Gasteiger charge is 2.22. The highest BCUT2D eigenvalue weighted by Crippen LogP contribution is 2.35. The predicted octanol–water partition coefficient (Wildman–Crippen LogP) is 4.40. The lowest BCUT2D eigenvalue weighted by Gasteiger charge is -2.19. The summed E-state index contributed by atoms with van der Waals surface area (Å²) < 4.78 is 11.9. The molecule has 0 amide bonds. The fourth-order valence-corrected chi connectivity index (χ4v) is 2.58. The first-order valence-corrected chi connectivity index (χ1v) is 7.14. The van der Waals surface area contributed by atoms with Crippen LogP contribution in [0.2, 0.25) is 5.02 Å². The number of ether oxygens (including phenoxy) is 1. The third-order valence-electron chi connectivity index (χ3n) is 2.82. The van der Waals surface area contributed by atoms with Crippen molar-refractivity contribution in [2.75, 3.05) is 13.7 Å². The monoisotopic (exact) mass is 343 g/mol. The van der Waals surface area contributed by atoms with Crippen molar-refractivity contribution in [3.63, 3.8) is 0 Å². The fourth-order valence-electron chi connectivity index (χ4n) is 1.98. The third-order valence-corrected chi connectivity index (χ3v) is 3.71. The normalized spacial score (nSPS) is 12.4. The first kappa shape index (κ1) is 14.4. The average molecular weight is 345 g/mol. The van der Waals surface area contributed by atoms with Gasteiger partial charge in [0.15, 0.2) is 0 Å². The van der Waals surface area contributed by atoms with Crippen LogP contribution >= 0.6 is 27.5 Å². The van der Waals surface area contributed by atoms with Gasteiger partial charge in [0.2, 0.25) is 0 Å². The molecule has 0 bridgehead atoms. The minimum Gasteiger partial charge on any atom is -0.496 e. The molecule has 2 rings (SSSR count). The lowest BCUT2D eigenvalue weighted by Crippen LogP contribution is -2.22. The van der Waals surface area contributed by atoms with Crippen molar-refractivity contribution in [2.24, 2.45) is 0 Å². The Bertz CT molecular complexity index is 556. The van der Waals surface area contributed by atoms with Gasteiger partial charge in [0.25, 0.3) is 0 Å². The predicted molar refractivity (Wildman–Crippen MR) is 79.9 cm³/mol. The number of furan rings is 1. The van der Waals surface area contributed by atoms with E-state index in [0.717, 1.165) is 28.1 Å². The maximum Gasteiger partial charge on any atom is 0.139 e. The second kappa shape index (κ2) is 6.46. The van der Waals surface area contributed by atoms with Crippen molar-refractivity contribution < 1.29 is 9.15 Å². The van der Waals surface area contributed by atoms with E-state index < -0.39 is 0 Å². The van der Waals surface area contributed by atoms with Crippen LogP contribution in [0.25, 0.3) is 0 Å². The zero-order chi connectivity index (χ0) is 13.8. The molecule has 1 unspecified atom stereocenters. The van der Waals surface area contributed by atoms with Gasteiger partial charge in [0.05, 0.1) is 23.9 Å². The van der Waals surface area contributed by atoms with E-state index in [1.807, 2.05) is 25.1 Å². The molecule has 1 aromatic heterocycles. The Morgan fingerprint density at radius 2 is 2.21 bits per heavy atom. The van der Waals surface area contributed by atoms with Crippen LogP contribution in [0, 0.1) is 0 Å². The van der Waals surface area contributed by atoms with E-state index in [9.17, 15) is 0 Å². The summed E-state index contributed by atoms with van der Waals surface area (Å²) in [6, 6.07) is 7.39. The first-order chi connectivity index (χ1) is 9.17. The Hall–Kier alpha value is -0.970. The van der Waals surface area contributed by atoms with Crippen LogP contribution in [0.1, 0.15) is 24.3 Å². The van der Waals surface area contributed by atoms with Crippen LogP contribution in [0.15, 0.2) is 39.4 Å². The smallest absolute Gasteiger partial charge is 0.139 e. The van der Waals surface area contributed by atoms with E-state index in [2.05, 4.69) is 21.2 Å². The van der Waals surface area contributed by atoms with Gasteiger partial charge < -0.3 is 14.5 Å². The number of hydrogen-bond donors (Lipinski definition) is 1. The summed E-state index contributed by atoms with van der Waals surface area (Å²) >= 11 is 9.49. The quantitative estimate of drug-likeness (QED) is 0.873. The van der Waals surface area contributed by atoms with E-state index in [1.165, 1.54) is 0 Å². The Morgan fingerprint density at radius 3 is 2.79 bits per heavy atom. The van der Waals surface area contributed by atoms with E-state index in [0.29, 0.717) is 5.02 Å². The molecule has 5 heteroatoms. The maximum absolute atomic E-state index is 6.00. The zero-order valence-corrected chi connectivity index (χ0v) is 13.1. The number of benzene rings is 1. The maximum atomic E-state index is 6.00. The molecule has 1 heterocycles. The summed E-state index contributed by atoms with van der Waals surface area (Å²) in [6.07, 6.45) is 1.66. The molecule has 19 heavy (non-hydrogen) atoms. The Kier molecular flexibility index (Phi) is 4.91. The lowest BCUT2D eigenvalue weighted by atomic mass is 10.0. The summed E-state index contributed by atoms with van der Waals surface area (Å²) in [5.74, 6) is 1.56. The average Bonchev–Trinajstić information content (AvgIpc) is 2.82. The second-order valence-corrected chi connectivity index (χ2v) is 5.30. The molecule has 0 fully saturated rings. The lowest BCUT2D eigenvalue weighted by molar-refractivity contribution is 0.393. The largest absolute Gasteiger partial charge is 0.496 e. The van der Waals surface area contributed by atoms with Gasteiger partial charge in [0, 0.05) is 10.6 Å². The summed E-state index contributed by atoms with van der Waals surface area (Å²) in [5, 5.41) is 4.04. The van der Waals surface area contributed by atoms with E-state index in [1.54, 1.807) is 19.4 Å². The van der Waals surface area contributed by atoms with Crippen molar-refractivity contribution in [1.29, 1.82) is 0 Å². The van der Waals surface area contributed by atoms with Crippen LogP contribution in [-0.2, 0) is 0 Å². The number of hydrogen-bond acceptors (Lipinski definition) is 3. The van der Waals surface area contributed by atoms with E-state index in [-0.39, 0.29) is 6.04 Å². The van der Waals surface area contributed by atoms with Crippen LogP contribution in [-0.4, -0.2) is 13.7 Å². The number of nitrogens with one attached hydrogen (secondary N) is 1. The van der Waals surface area contributed by atoms with Crippen LogP contribution < -0.4 is 10.1 Å². The van der Waals surface area contributed by atoms with Gasteiger partial charge in [-0.3, -0.25) is 0 Å². The summed E-state index contributed by atoms with van der Waals surface area (Å²) in [4.78, 5) is 0. The SMILES string of the molecule is CCNC(c1ccc(Cl)cc1OC)c1occc1Br. The fraction of sp³-hybridized carbons (Fsp3) is 0.286. The first-order valence-electron chi connectivity index (χ1n) is 5.97. The molecule has 0 radical (unpaired) electrons. The summed E-state index contributed by atoms with van der Waals surface area (Å²) in [6.45, 7) is 2.86. The van der Waals surface area contributed by atoms with Gasteiger partial charge in [-0.05, 0) is 40.7 Å².